The molecule has 0 radical (unpaired) electrons. The molecule has 0 aliphatic rings. The van der Waals surface area contributed by atoms with Crippen LogP contribution in [0.5, 0.6) is 0 Å². The summed E-state index contributed by atoms with van der Waals surface area (Å²) in [6, 6.07) is 93.6. The van der Waals surface area contributed by atoms with Crippen LogP contribution >= 0.6 is 0 Å². The number of para-hydroxylation sites is 2. The number of benzene rings is 12. The van der Waals surface area contributed by atoms with E-state index in [-0.39, 0.29) is 0 Å². The van der Waals surface area contributed by atoms with Crippen LogP contribution in [-0.2, 0) is 0 Å². The van der Waals surface area contributed by atoms with E-state index in [9.17, 15) is 0 Å². The molecule has 0 bridgehead atoms. The highest BCUT2D eigenvalue weighted by Crippen LogP contribution is 2.44. The SMILES string of the molecule is c1ccc(-c2cccc(-c3cccc(-c4nc(-c5ccccc5)nc(-n5c6ccccc6c6c7c8ccccc8n(-c8cccc(-c9ccc%10c%11ccccc%11c%11ccccc%11c%10c9)c8)c7ccc65)n4)c3)c2)cc1. The lowest BCUT2D eigenvalue weighted by Gasteiger charge is -2.13. The minimum Gasteiger partial charge on any atom is -0.309 e. The fourth-order valence-corrected chi connectivity index (χ4v) is 11.6. The van der Waals surface area contributed by atoms with Crippen molar-refractivity contribution in [1.82, 2.24) is 24.1 Å². The second kappa shape index (κ2) is 16.8. The predicted molar refractivity (Wildman–Crippen MR) is 308 cm³/mol. The number of hydrogen-bond acceptors (Lipinski definition) is 3. The molecule has 0 amide bonds. The molecule has 15 rings (SSSR count). The minimum absolute atomic E-state index is 0.559. The van der Waals surface area contributed by atoms with Crippen molar-refractivity contribution in [2.24, 2.45) is 0 Å². The molecule has 0 saturated carbocycles. The summed E-state index contributed by atoms with van der Waals surface area (Å²) >= 11 is 0. The lowest BCUT2D eigenvalue weighted by molar-refractivity contribution is 0.953. The zero-order valence-corrected chi connectivity index (χ0v) is 40.1. The number of nitrogens with zero attached hydrogens (tertiary/aromatic N) is 5. The van der Waals surface area contributed by atoms with Crippen LogP contribution < -0.4 is 0 Å². The van der Waals surface area contributed by atoms with Gasteiger partial charge in [-0.2, -0.15) is 9.97 Å². The first-order valence-electron chi connectivity index (χ1n) is 25.2. The zero-order chi connectivity index (χ0) is 48.7. The lowest BCUT2D eigenvalue weighted by Crippen LogP contribution is -2.06. The van der Waals surface area contributed by atoms with Crippen molar-refractivity contribution < 1.29 is 0 Å². The Morgan fingerprint density at radius 1 is 0.216 bits per heavy atom. The van der Waals surface area contributed by atoms with Gasteiger partial charge >= 0.3 is 0 Å². The molecule has 0 spiro atoms. The standard InChI is InChI=1S/C69H43N5/c1-3-18-44(19-4-1)46-22-15-23-47(40-46)48-24-16-26-51(41-48)68-70-67(45-20-5-2-6-21-45)71-69(72-68)74-62-35-14-12-33-59(62)66-64(74)39-38-63-65(66)58-32-11-13-34-61(58)73(63)52-27-17-25-49(42-52)50-36-37-57-55-30-8-7-28-53(55)54-29-9-10-31-56(54)60(57)43-50/h1-43H. The largest absolute Gasteiger partial charge is 0.309 e. The quantitative estimate of drug-likeness (QED) is 0.150. The highest BCUT2D eigenvalue weighted by molar-refractivity contribution is 6.29. The molecular formula is C69H43N5. The topological polar surface area (TPSA) is 48.5 Å². The van der Waals surface area contributed by atoms with Gasteiger partial charge in [-0.15, -0.1) is 0 Å². The first-order chi connectivity index (χ1) is 36.7. The van der Waals surface area contributed by atoms with Gasteiger partial charge in [-0.05, 0) is 120 Å². The van der Waals surface area contributed by atoms with Gasteiger partial charge in [0.25, 0.3) is 0 Å². The monoisotopic (exact) mass is 941 g/mol. The maximum Gasteiger partial charge on any atom is 0.238 e. The van der Waals surface area contributed by atoms with Gasteiger partial charge in [0, 0.05) is 38.4 Å². The Bertz CT molecular complexity index is 4690. The summed E-state index contributed by atoms with van der Waals surface area (Å²) in [5.74, 6) is 1.77. The van der Waals surface area contributed by atoms with Gasteiger partial charge in [0.2, 0.25) is 5.95 Å². The molecule has 0 fully saturated rings. The van der Waals surface area contributed by atoms with Gasteiger partial charge in [-0.1, -0.05) is 206 Å². The van der Waals surface area contributed by atoms with Crippen molar-refractivity contribution in [2.45, 2.75) is 0 Å². The van der Waals surface area contributed by atoms with Gasteiger partial charge < -0.3 is 4.57 Å². The van der Waals surface area contributed by atoms with Crippen molar-refractivity contribution in [1.29, 1.82) is 0 Å². The maximum absolute atomic E-state index is 5.39. The molecule has 5 nitrogen and oxygen atoms in total. The summed E-state index contributed by atoms with van der Waals surface area (Å²) in [4.78, 5) is 15.9. The van der Waals surface area contributed by atoms with Crippen LogP contribution in [0, 0.1) is 0 Å². The second-order valence-corrected chi connectivity index (χ2v) is 19.1. The van der Waals surface area contributed by atoms with Crippen molar-refractivity contribution in [2.75, 3.05) is 0 Å². The van der Waals surface area contributed by atoms with Crippen molar-refractivity contribution >= 4 is 75.9 Å². The average Bonchev–Trinajstić information content (AvgIpc) is 4.03. The van der Waals surface area contributed by atoms with Gasteiger partial charge in [-0.25, -0.2) is 4.98 Å². The molecule has 344 valence electrons. The molecule has 5 heteroatoms. The Balaban J connectivity index is 0.906. The number of hydrogen-bond donors (Lipinski definition) is 0. The highest BCUT2D eigenvalue weighted by atomic mass is 15.2. The van der Waals surface area contributed by atoms with Gasteiger partial charge in [0.05, 0.1) is 22.1 Å². The van der Waals surface area contributed by atoms with Crippen molar-refractivity contribution in [3.63, 3.8) is 0 Å². The van der Waals surface area contributed by atoms with E-state index in [0.717, 1.165) is 66.3 Å². The third kappa shape index (κ3) is 6.68. The molecule has 3 heterocycles. The molecule has 0 aliphatic heterocycles. The molecule has 12 aromatic carbocycles. The van der Waals surface area contributed by atoms with E-state index in [0.29, 0.717) is 17.6 Å². The third-order valence-corrected chi connectivity index (χ3v) is 14.9. The van der Waals surface area contributed by atoms with Crippen LogP contribution in [0.3, 0.4) is 0 Å². The maximum atomic E-state index is 5.39. The number of rotatable bonds is 7. The zero-order valence-electron chi connectivity index (χ0n) is 40.1. The summed E-state index contributed by atoms with van der Waals surface area (Å²) < 4.78 is 4.66. The summed E-state index contributed by atoms with van der Waals surface area (Å²) in [5.41, 5.74) is 14.2. The van der Waals surface area contributed by atoms with E-state index in [1.807, 2.05) is 18.2 Å². The number of aromatic nitrogens is 5. The number of fused-ring (bicyclic) bond motifs is 13. The van der Waals surface area contributed by atoms with Gasteiger partial charge in [0.15, 0.2) is 11.6 Å². The smallest absolute Gasteiger partial charge is 0.238 e. The molecule has 0 N–H and O–H groups in total. The third-order valence-electron chi connectivity index (χ3n) is 14.9. The Morgan fingerprint density at radius 3 is 1.24 bits per heavy atom. The van der Waals surface area contributed by atoms with E-state index in [1.165, 1.54) is 59.8 Å². The van der Waals surface area contributed by atoms with Crippen LogP contribution in [0.1, 0.15) is 0 Å². The average molecular weight is 942 g/mol. The Kier molecular flexibility index (Phi) is 9.50. The van der Waals surface area contributed by atoms with Gasteiger partial charge in [-0.3, -0.25) is 4.57 Å². The van der Waals surface area contributed by atoms with E-state index in [4.69, 9.17) is 15.0 Å². The van der Waals surface area contributed by atoms with Gasteiger partial charge in [0.1, 0.15) is 0 Å². The van der Waals surface area contributed by atoms with Crippen LogP contribution in [0.25, 0.3) is 144 Å². The van der Waals surface area contributed by atoms with Crippen molar-refractivity contribution in [3.05, 3.63) is 261 Å². The van der Waals surface area contributed by atoms with Crippen LogP contribution in [0.15, 0.2) is 261 Å². The highest BCUT2D eigenvalue weighted by Gasteiger charge is 2.23. The molecule has 3 aromatic heterocycles. The molecule has 0 aliphatic carbocycles. The summed E-state index contributed by atoms with van der Waals surface area (Å²) in [6.07, 6.45) is 0. The fourth-order valence-electron chi connectivity index (χ4n) is 11.6. The van der Waals surface area contributed by atoms with E-state index in [2.05, 4.69) is 252 Å². The van der Waals surface area contributed by atoms with E-state index < -0.39 is 0 Å². The molecule has 0 unspecified atom stereocenters. The van der Waals surface area contributed by atoms with Crippen molar-refractivity contribution in [3.8, 4) is 67.8 Å². The lowest BCUT2D eigenvalue weighted by atomic mass is 9.92. The fraction of sp³-hybridized carbons (Fsp3) is 0. The first kappa shape index (κ1) is 41.8. The Hall–Kier alpha value is -9.97. The van der Waals surface area contributed by atoms with E-state index in [1.54, 1.807) is 0 Å². The predicted octanol–water partition coefficient (Wildman–Crippen LogP) is 17.9. The second-order valence-electron chi connectivity index (χ2n) is 19.1. The minimum atomic E-state index is 0.559. The van der Waals surface area contributed by atoms with Crippen LogP contribution in [-0.4, -0.2) is 24.1 Å². The molecular weight excluding hydrogens is 899 g/mol. The molecule has 74 heavy (non-hydrogen) atoms. The Labute approximate surface area is 426 Å². The summed E-state index contributed by atoms with van der Waals surface area (Å²) in [6.45, 7) is 0. The molecule has 0 atom stereocenters. The van der Waals surface area contributed by atoms with Crippen LogP contribution in [0.4, 0.5) is 0 Å². The Morgan fingerprint density at radius 2 is 0.622 bits per heavy atom. The summed E-state index contributed by atoms with van der Waals surface area (Å²) in [5, 5.41) is 12.3. The molecule has 15 aromatic rings. The first-order valence-corrected chi connectivity index (χ1v) is 25.2. The van der Waals surface area contributed by atoms with E-state index >= 15 is 0 Å². The molecule has 0 saturated heterocycles. The van der Waals surface area contributed by atoms with Crippen LogP contribution in [0.2, 0.25) is 0 Å². The normalized spacial score (nSPS) is 11.8. The summed E-state index contributed by atoms with van der Waals surface area (Å²) in [7, 11) is 0.